The summed E-state index contributed by atoms with van der Waals surface area (Å²) in [7, 11) is -0.648. The van der Waals surface area contributed by atoms with Crippen LogP contribution in [0.5, 0.6) is 11.5 Å². The molecule has 3 heterocycles. The number of aromatic nitrogens is 2. The third-order valence-corrected chi connectivity index (χ3v) is 10.5. The summed E-state index contributed by atoms with van der Waals surface area (Å²) in [6, 6.07) is 6.10. The van der Waals surface area contributed by atoms with Gasteiger partial charge in [-0.2, -0.15) is 0 Å². The Kier molecular flexibility index (Phi) is 11.8. The quantitative estimate of drug-likeness (QED) is 0.196. The number of nitrogens with zero attached hydrogens (tertiary/aromatic N) is 3. The molecule has 2 N–H and O–H groups in total. The summed E-state index contributed by atoms with van der Waals surface area (Å²) in [5.74, 6) is 0.667. The number of hydrogen-bond acceptors (Lipinski definition) is 7. The van der Waals surface area contributed by atoms with E-state index in [0.717, 1.165) is 42.6 Å². The number of fused-ring (bicyclic) bond motifs is 1. The minimum absolute atomic E-state index is 0.0193. The molecule has 5 rings (SSSR count). The monoisotopic (exact) mass is 699 g/mol. The number of hydrogen-bond donors (Lipinski definition) is 2. The molecule has 1 atom stereocenters. The predicted octanol–water partition coefficient (Wildman–Crippen LogP) is 6.51. The molecule has 0 unspecified atom stereocenters. The molecule has 2 aromatic heterocycles. The number of benzene rings is 1. The van der Waals surface area contributed by atoms with Gasteiger partial charge in [0, 0.05) is 49.7 Å². The maximum absolute atomic E-state index is 15.6. The number of alkyl carbamates (subject to hydrolysis) is 1. The van der Waals surface area contributed by atoms with E-state index >= 15 is 4.39 Å². The fourth-order valence-corrected chi connectivity index (χ4v) is 6.88. The molecule has 0 radical (unpaired) electrons. The molecule has 2 amide bonds. The Balaban J connectivity index is 1.26. The predicted molar refractivity (Wildman–Crippen MR) is 194 cm³/mol. The zero-order chi connectivity index (χ0) is 35.3. The van der Waals surface area contributed by atoms with Crippen LogP contribution >= 0.6 is 10.0 Å². The number of aryl methyl sites for hydroxylation is 1. The van der Waals surface area contributed by atoms with Crippen molar-refractivity contribution >= 4 is 33.1 Å². The Hall–Kier alpha value is -3.35. The topological polar surface area (TPSA) is 107 Å². The van der Waals surface area contributed by atoms with Crippen LogP contribution in [-0.4, -0.2) is 94.4 Å². The Morgan fingerprint density at radius 1 is 1.08 bits per heavy atom. The summed E-state index contributed by atoms with van der Waals surface area (Å²) in [4.78, 5) is 33.4. The lowest BCUT2D eigenvalue weighted by atomic mass is 9.89. The van der Waals surface area contributed by atoms with Gasteiger partial charge in [-0.1, -0.05) is 12.5 Å². The van der Waals surface area contributed by atoms with E-state index in [-0.39, 0.29) is 24.1 Å². The van der Waals surface area contributed by atoms with Crippen molar-refractivity contribution < 1.29 is 28.2 Å². The minimum atomic E-state index is -0.944. The fourth-order valence-electron chi connectivity index (χ4n) is 6.27. The van der Waals surface area contributed by atoms with Gasteiger partial charge in [0.25, 0.3) is 0 Å². The average molecular weight is 700 g/mol. The Labute approximate surface area is 291 Å². The zero-order valence-electron chi connectivity index (χ0n) is 30.1. The Bertz CT molecular complexity index is 1600. The molecule has 1 saturated heterocycles. The maximum atomic E-state index is 15.6. The van der Waals surface area contributed by atoms with Crippen LogP contribution in [0.4, 0.5) is 9.18 Å². The van der Waals surface area contributed by atoms with Crippen LogP contribution in [0.25, 0.3) is 11.0 Å². The summed E-state index contributed by atoms with van der Waals surface area (Å²) in [5, 5.41) is 6.65. The van der Waals surface area contributed by atoms with Crippen LogP contribution in [0.2, 0.25) is 0 Å². The van der Waals surface area contributed by atoms with Crippen molar-refractivity contribution in [2.75, 3.05) is 44.2 Å². The van der Waals surface area contributed by atoms with Crippen LogP contribution in [0, 0.1) is 12.7 Å². The van der Waals surface area contributed by atoms with E-state index < -0.39 is 33.6 Å². The number of amides is 2. The standard InChI is InChI=1S/C37H54FN5O5S/c1-25-23-43(24-46-19-20-49(5,6)7)34-33(25)32(13-16-39-34)47-31-12-11-26(21-29(31)38)22-30(41-36(45)48-37(2,3)4)35(44)40-27-14-17-42(18-15-27)28-9-8-10-28/h11-13,16,21,23,27-28,30H,8-10,14-15,17-20,22,24H2,1-7H3,(H,40,44)(H,41,45)/t30-/m0/s1. The first-order valence-corrected chi connectivity index (χ1v) is 20.4. The van der Waals surface area contributed by atoms with Crippen molar-refractivity contribution in [3.63, 3.8) is 0 Å². The van der Waals surface area contributed by atoms with Crippen molar-refractivity contribution in [3.8, 4) is 11.5 Å². The lowest BCUT2D eigenvalue weighted by molar-refractivity contribution is -0.124. The van der Waals surface area contributed by atoms with Gasteiger partial charge in [-0.05, 0) is 101 Å². The number of likely N-dealkylation sites (tertiary alicyclic amines) is 1. The summed E-state index contributed by atoms with van der Waals surface area (Å²) in [6.45, 7) is 10.2. The second-order valence-electron chi connectivity index (χ2n) is 15.3. The highest BCUT2D eigenvalue weighted by Crippen LogP contribution is 2.35. The molecule has 2 fully saturated rings. The van der Waals surface area contributed by atoms with Crippen LogP contribution < -0.4 is 15.4 Å². The molecule has 270 valence electrons. The number of ether oxygens (including phenoxy) is 3. The van der Waals surface area contributed by atoms with Crippen LogP contribution in [0.3, 0.4) is 0 Å². The van der Waals surface area contributed by atoms with E-state index in [1.165, 1.54) is 25.3 Å². The SMILES string of the molecule is Cc1cn(COCCS(C)(C)C)c2nccc(Oc3ccc(C[C@H](NC(=O)OC(C)(C)C)C(=O)NC4CCN(C5CCC5)CC4)cc3F)c12. The van der Waals surface area contributed by atoms with Crippen molar-refractivity contribution in [1.29, 1.82) is 0 Å². The Morgan fingerprint density at radius 3 is 2.45 bits per heavy atom. The third kappa shape index (κ3) is 10.3. The van der Waals surface area contributed by atoms with Gasteiger partial charge in [-0.25, -0.2) is 24.2 Å². The van der Waals surface area contributed by atoms with Crippen molar-refractivity contribution in [3.05, 3.63) is 53.6 Å². The largest absolute Gasteiger partial charge is 0.453 e. The second-order valence-corrected chi connectivity index (χ2v) is 19.9. The molecule has 0 spiro atoms. The summed E-state index contributed by atoms with van der Waals surface area (Å²) >= 11 is 0. The number of pyridine rings is 1. The van der Waals surface area contributed by atoms with Gasteiger partial charge >= 0.3 is 6.09 Å². The van der Waals surface area contributed by atoms with Gasteiger partial charge in [0.15, 0.2) is 11.6 Å². The first kappa shape index (κ1) is 36.9. The molecule has 12 heteroatoms. The fraction of sp³-hybridized carbons (Fsp3) is 0.595. The maximum Gasteiger partial charge on any atom is 0.408 e. The van der Waals surface area contributed by atoms with Gasteiger partial charge in [0.05, 0.1) is 12.0 Å². The minimum Gasteiger partial charge on any atom is -0.453 e. The molecule has 1 aliphatic carbocycles. The van der Waals surface area contributed by atoms with Gasteiger partial charge in [0.1, 0.15) is 29.8 Å². The molecule has 2 aliphatic rings. The average Bonchev–Trinajstić information content (AvgIpc) is 3.31. The van der Waals surface area contributed by atoms with E-state index in [2.05, 4.69) is 39.3 Å². The first-order valence-electron chi connectivity index (χ1n) is 17.3. The van der Waals surface area contributed by atoms with E-state index in [4.69, 9.17) is 14.2 Å². The van der Waals surface area contributed by atoms with Crippen molar-refractivity contribution in [2.24, 2.45) is 0 Å². The number of carbonyl (C=O) groups excluding carboxylic acids is 2. The van der Waals surface area contributed by atoms with Crippen molar-refractivity contribution in [2.45, 2.75) is 96.7 Å². The normalized spacial score (nSPS) is 17.4. The van der Waals surface area contributed by atoms with Gasteiger partial charge in [-0.15, -0.1) is 0 Å². The van der Waals surface area contributed by atoms with E-state index in [9.17, 15) is 9.59 Å². The molecular formula is C37H54FN5O5S. The van der Waals surface area contributed by atoms with E-state index in [1.807, 2.05) is 17.7 Å². The number of nitrogens with one attached hydrogen (secondary N) is 2. The van der Waals surface area contributed by atoms with E-state index in [0.29, 0.717) is 36.3 Å². The molecule has 1 aromatic carbocycles. The molecule has 1 saturated carbocycles. The van der Waals surface area contributed by atoms with Crippen molar-refractivity contribution in [1.82, 2.24) is 25.1 Å². The molecule has 10 nitrogen and oxygen atoms in total. The highest BCUT2D eigenvalue weighted by molar-refractivity contribution is 8.32. The number of piperidine rings is 1. The summed E-state index contributed by atoms with van der Waals surface area (Å²) < 4.78 is 35.1. The lowest BCUT2D eigenvalue weighted by Crippen LogP contribution is -2.54. The number of carbonyl (C=O) groups is 2. The molecular weight excluding hydrogens is 646 g/mol. The molecule has 1 aliphatic heterocycles. The van der Waals surface area contributed by atoms with Crippen LogP contribution in [0.1, 0.15) is 64.0 Å². The molecule has 0 bridgehead atoms. The summed E-state index contributed by atoms with van der Waals surface area (Å²) in [5.41, 5.74) is 1.45. The van der Waals surface area contributed by atoms with Crippen LogP contribution in [0.15, 0.2) is 36.7 Å². The number of halogens is 1. The summed E-state index contributed by atoms with van der Waals surface area (Å²) in [6.07, 6.45) is 15.3. The molecule has 3 aromatic rings. The highest BCUT2D eigenvalue weighted by atomic mass is 32.3. The van der Waals surface area contributed by atoms with Gasteiger partial charge in [-0.3, -0.25) is 4.79 Å². The first-order chi connectivity index (χ1) is 23.1. The van der Waals surface area contributed by atoms with Crippen LogP contribution in [-0.2, 0) is 27.4 Å². The smallest absolute Gasteiger partial charge is 0.408 e. The second kappa shape index (κ2) is 15.7. The Morgan fingerprint density at radius 2 is 1.82 bits per heavy atom. The number of rotatable bonds is 13. The molecule has 49 heavy (non-hydrogen) atoms. The third-order valence-electron chi connectivity index (χ3n) is 9.11. The van der Waals surface area contributed by atoms with E-state index in [1.54, 1.807) is 45.2 Å². The zero-order valence-corrected chi connectivity index (χ0v) is 31.0. The highest BCUT2D eigenvalue weighted by Gasteiger charge is 2.31. The van der Waals surface area contributed by atoms with Gasteiger partial charge < -0.3 is 34.3 Å². The van der Waals surface area contributed by atoms with Gasteiger partial charge in [0.2, 0.25) is 5.91 Å². The lowest BCUT2D eigenvalue weighted by Gasteiger charge is -2.42.